The summed E-state index contributed by atoms with van der Waals surface area (Å²) in [6.07, 6.45) is 0.730. The zero-order valence-corrected chi connectivity index (χ0v) is 13.1. The molecule has 0 fully saturated rings. The third-order valence-corrected chi connectivity index (χ3v) is 3.24. The van der Waals surface area contributed by atoms with Crippen LogP contribution in [0.2, 0.25) is 0 Å². The van der Waals surface area contributed by atoms with Gasteiger partial charge in [-0.1, -0.05) is 29.4 Å². The lowest BCUT2D eigenvalue weighted by Crippen LogP contribution is -2.35. The Bertz CT molecular complexity index is 625. The average Bonchev–Trinajstić information content (AvgIpc) is 2.94. The summed E-state index contributed by atoms with van der Waals surface area (Å²) in [5.74, 6) is 0.967. The van der Waals surface area contributed by atoms with Gasteiger partial charge >= 0.3 is 0 Å². The van der Waals surface area contributed by atoms with E-state index in [1.165, 1.54) is 0 Å². The molecule has 6 heteroatoms. The monoisotopic (exact) mass is 303 g/mol. The second-order valence-electron chi connectivity index (χ2n) is 5.25. The Morgan fingerprint density at radius 1 is 1.41 bits per heavy atom. The molecule has 1 aromatic carbocycles. The van der Waals surface area contributed by atoms with Crippen molar-refractivity contribution in [2.45, 2.75) is 32.7 Å². The fourth-order valence-corrected chi connectivity index (χ4v) is 2.15. The van der Waals surface area contributed by atoms with Gasteiger partial charge in [0.15, 0.2) is 0 Å². The Labute approximate surface area is 129 Å². The van der Waals surface area contributed by atoms with E-state index in [4.69, 9.17) is 9.26 Å². The number of hydrogen-bond donors (Lipinski definition) is 1. The van der Waals surface area contributed by atoms with Crippen LogP contribution in [0.15, 0.2) is 28.8 Å². The zero-order chi connectivity index (χ0) is 15.9. The standard InChI is InChI=1S/C16H21N3O3/c1-11-6-4-5-7-13(11)16-18-15(22-19-16)9-8-14(20)17-12(2)10-21-3/h4-7,12H,8-10H2,1-3H3,(H,17,20). The number of aromatic nitrogens is 2. The molecule has 0 aliphatic heterocycles. The highest BCUT2D eigenvalue weighted by Gasteiger charge is 2.13. The Morgan fingerprint density at radius 3 is 2.91 bits per heavy atom. The summed E-state index contributed by atoms with van der Waals surface area (Å²) >= 11 is 0. The van der Waals surface area contributed by atoms with Gasteiger partial charge in [0, 0.05) is 31.6 Å². The van der Waals surface area contributed by atoms with E-state index >= 15 is 0 Å². The highest BCUT2D eigenvalue weighted by atomic mass is 16.5. The lowest BCUT2D eigenvalue weighted by atomic mass is 10.1. The number of benzene rings is 1. The largest absolute Gasteiger partial charge is 0.383 e. The molecule has 0 saturated heterocycles. The second kappa shape index (κ2) is 7.70. The van der Waals surface area contributed by atoms with Crippen LogP contribution < -0.4 is 5.32 Å². The number of nitrogens with one attached hydrogen (secondary N) is 1. The number of rotatable bonds is 7. The van der Waals surface area contributed by atoms with E-state index in [9.17, 15) is 4.79 Å². The molecule has 6 nitrogen and oxygen atoms in total. The predicted molar refractivity (Wildman–Crippen MR) is 82.3 cm³/mol. The average molecular weight is 303 g/mol. The summed E-state index contributed by atoms with van der Waals surface area (Å²) in [5, 5.41) is 6.82. The Balaban J connectivity index is 1.90. The zero-order valence-electron chi connectivity index (χ0n) is 13.1. The van der Waals surface area contributed by atoms with Gasteiger partial charge in [0.2, 0.25) is 17.6 Å². The van der Waals surface area contributed by atoms with Gasteiger partial charge in [0.25, 0.3) is 0 Å². The Hall–Kier alpha value is -2.21. The third-order valence-electron chi connectivity index (χ3n) is 3.24. The third kappa shape index (κ3) is 4.39. The van der Waals surface area contributed by atoms with Crippen molar-refractivity contribution in [1.29, 1.82) is 0 Å². The number of carbonyl (C=O) groups excluding carboxylic acids is 1. The smallest absolute Gasteiger partial charge is 0.227 e. The number of ether oxygens (including phenoxy) is 1. The molecule has 1 aromatic heterocycles. The summed E-state index contributed by atoms with van der Waals surface area (Å²) in [7, 11) is 1.61. The first-order valence-electron chi connectivity index (χ1n) is 7.27. The molecular weight excluding hydrogens is 282 g/mol. The summed E-state index contributed by atoms with van der Waals surface area (Å²) in [6, 6.07) is 7.83. The van der Waals surface area contributed by atoms with Crippen molar-refractivity contribution in [3.8, 4) is 11.4 Å². The molecule has 22 heavy (non-hydrogen) atoms. The fourth-order valence-electron chi connectivity index (χ4n) is 2.15. The second-order valence-corrected chi connectivity index (χ2v) is 5.25. The van der Waals surface area contributed by atoms with Crippen molar-refractivity contribution in [2.24, 2.45) is 0 Å². The predicted octanol–water partition coefficient (Wildman–Crippen LogP) is 2.13. The van der Waals surface area contributed by atoms with Crippen molar-refractivity contribution in [2.75, 3.05) is 13.7 Å². The molecule has 1 N–H and O–H groups in total. The summed E-state index contributed by atoms with van der Waals surface area (Å²) in [4.78, 5) is 16.1. The quantitative estimate of drug-likeness (QED) is 0.848. The van der Waals surface area contributed by atoms with Crippen molar-refractivity contribution >= 4 is 5.91 Å². The lowest BCUT2D eigenvalue weighted by molar-refractivity contribution is -0.122. The van der Waals surface area contributed by atoms with E-state index < -0.39 is 0 Å². The van der Waals surface area contributed by atoms with Crippen molar-refractivity contribution in [1.82, 2.24) is 15.5 Å². The molecule has 118 valence electrons. The molecular formula is C16H21N3O3. The molecule has 0 saturated carbocycles. The maximum Gasteiger partial charge on any atom is 0.227 e. The molecule has 2 rings (SSSR count). The SMILES string of the molecule is COCC(C)NC(=O)CCc1nc(-c2ccccc2C)no1. The van der Waals surface area contributed by atoms with Crippen LogP contribution >= 0.6 is 0 Å². The van der Waals surface area contributed by atoms with E-state index in [1.807, 2.05) is 38.1 Å². The summed E-state index contributed by atoms with van der Waals surface area (Å²) in [6.45, 7) is 4.38. The fraction of sp³-hybridized carbons (Fsp3) is 0.438. The van der Waals surface area contributed by atoms with Crippen molar-refractivity contribution in [3.05, 3.63) is 35.7 Å². The molecule has 1 atom stereocenters. The van der Waals surface area contributed by atoms with Crippen LogP contribution in [0.25, 0.3) is 11.4 Å². The van der Waals surface area contributed by atoms with Crippen LogP contribution in [0.1, 0.15) is 24.8 Å². The summed E-state index contributed by atoms with van der Waals surface area (Å²) < 4.78 is 10.2. The van der Waals surface area contributed by atoms with Crippen LogP contribution in [0.4, 0.5) is 0 Å². The highest BCUT2D eigenvalue weighted by molar-refractivity contribution is 5.76. The lowest BCUT2D eigenvalue weighted by Gasteiger charge is -2.11. The van der Waals surface area contributed by atoms with Gasteiger partial charge in [0.1, 0.15) is 0 Å². The first-order valence-corrected chi connectivity index (χ1v) is 7.27. The van der Waals surface area contributed by atoms with Crippen molar-refractivity contribution < 1.29 is 14.1 Å². The van der Waals surface area contributed by atoms with Crippen LogP contribution in [-0.4, -0.2) is 35.8 Å². The minimum Gasteiger partial charge on any atom is -0.383 e. The highest BCUT2D eigenvalue weighted by Crippen LogP contribution is 2.20. The Morgan fingerprint density at radius 2 is 2.18 bits per heavy atom. The molecule has 1 heterocycles. The van der Waals surface area contributed by atoms with E-state index in [0.717, 1.165) is 11.1 Å². The number of nitrogens with zero attached hydrogens (tertiary/aromatic N) is 2. The van der Waals surface area contributed by atoms with Crippen LogP contribution in [0, 0.1) is 6.92 Å². The van der Waals surface area contributed by atoms with Gasteiger partial charge in [-0.3, -0.25) is 4.79 Å². The molecule has 0 aliphatic rings. The molecule has 0 radical (unpaired) electrons. The first-order chi connectivity index (χ1) is 10.6. The number of methoxy groups -OCH3 is 1. The van der Waals surface area contributed by atoms with Gasteiger partial charge in [-0.05, 0) is 19.4 Å². The van der Waals surface area contributed by atoms with Gasteiger partial charge < -0.3 is 14.6 Å². The van der Waals surface area contributed by atoms with Crippen LogP contribution in [-0.2, 0) is 16.0 Å². The van der Waals surface area contributed by atoms with E-state index in [2.05, 4.69) is 15.5 Å². The molecule has 0 aliphatic carbocycles. The number of carbonyl (C=O) groups is 1. The summed E-state index contributed by atoms with van der Waals surface area (Å²) in [5.41, 5.74) is 2.02. The van der Waals surface area contributed by atoms with E-state index in [-0.39, 0.29) is 11.9 Å². The topological polar surface area (TPSA) is 77.2 Å². The molecule has 2 aromatic rings. The van der Waals surface area contributed by atoms with Gasteiger partial charge in [-0.15, -0.1) is 0 Å². The maximum atomic E-state index is 11.8. The van der Waals surface area contributed by atoms with Crippen LogP contribution in [0.5, 0.6) is 0 Å². The molecule has 1 amide bonds. The van der Waals surface area contributed by atoms with E-state index in [1.54, 1.807) is 7.11 Å². The Kier molecular flexibility index (Phi) is 5.66. The van der Waals surface area contributed by atoms with Gasteiger partial charge in [-0.2, -0.15) is 4.98 Å². The first kappa shape index (κ1) is 16.2. The minimum absolute atomic E-state index is 0.0114. The number of amides is 1. The van der Waals surface area contributed by atoms with E-state index in [0.29, 0.717) is 31.2 Å². The number of aryl methyl sites for hydroxylation is 2. The molecule has 0 bridgehead atoms. The molecule has 0 spiro atoms. The normalized spacial score (nSPS) is 12.1. The van der Waals surface area contributed by atoms with Crippen LogP contribution in [0.3, 0.4) is 0 Å². The molecule has 1 unspecified atom stereocenters. The number of hydrogen-bond acceptors (Lipinski definition) is 5. The maximum absolute atomic E-state index is 11.8. The minimum atomic E-state index is -0.0554. The van der Waals surface area contributed by atoms with Crippen molar-refractivity contribution in [3.63, 3.8) is 0 Å². The van der Waals surface area contributed by atoms with Gasteiger partial charge in [0.05, 0.1) is 6.61 Å². The van der Waals surface area contributed by atoms with Gasteiger partial charge in [-0.25, -0.2) is 0 Å².